The molecule has 0 aliphatic heterocycles. The van der Waals surface area contributed by atoms with Crippen molar-refractivity contribution >= 4 is 0 Å². The van der Waals surface area contributed by atoms with Crippen molar-refractivity contribution in [1.29, 1.82) is 0 Å². The van der Waals surface area contributed by atoms with Gasteiger partial charge in [-0.2, -0.15) is 5.10 Å². The molecule has 0 unspecified atom stereocenters. The lowest BCUT2D eigenvalue weighted by Crippen LogP contribution is -1.87. The molecule has 1 aliphatic carbocycles. The monoisotopic (exact) mass is 132 g/mol. The topological polar surface area (TPSA) is 28.7 Å². The van der Waals surface area contributed by atoms with Crippen LogP contribution in [0.1, 0.15) is 11.6 Å². The summed E-state index contributed by atoms with van der Waals surface area (Å²) in [5.74, 6) is 0.419. The largest absolute Gasteiger partial charge is 0.282 e. The third kappa shape index (κ3) is 0.778. The summed E-state index contributed by atoms with van der Waals surface area (Å²) >= 11 is 0. The molecule has 1 heterocycles. The Morgan fingerprint density at radius 1 is 1.30 bits per heavy atom. The summed E-state index contributed by atoms with van der Waals surface area (Å²) in [6.07, 6.45) is 10.1. The SMILES string of the molecule is C1=CC(c2ccn[nH]2)C=C1. The normalized spacial score (nSPS) is 16.8. The van der Waals surface area contributed by atoms with Gasteiger partial charge in [0.05, 0.1) is 0 Å². The van der Waals surface area contributed by atoms with Gasteiger partial charge in [-0.15, -0.1) is 0 Å². The van der Waals surface area contributed by atoms with Crippen LogP contribution in [0.5, 0.6) is 0 Å². The molecule has 0 atom stereocenters. The third-order valence-corrected chi connectivity index (χ3v) is 1.63. The van der Waals surface area contributed by atoms with Gasteiger partial charge in [-0.3, -0.25) is 5.10 Å². The van der Waals surface area contributed by atoms with E-state index in [2.05, 4.69) is 22.3 Å². The molecule has 0 saturated carbocycles. The van der Waals surface area contributed by atoms with Gasteiger partial charge in [0.2, 0.25) is 0 Å². The van der Waals surface area contributed by atoms with Crippen molar-refractivity contribution in [2.24, 2.45) is 0 Å². The Hall–Kier alpha value is -1.31. The summed E-state index contributed by atoms with van der Waals surface area (Å²) < 4.78 is 0. The highest BCUT2D eigenvalue weighted by Gasteiger charge is 2.06. The fourth-order valence-electron chi connectivity index (χ4n) is 1.09. The van der Waals surface area contributed by atoms with Gasteiger partial charge in [0.15, 0.2) is 0 Å². The first-order chi connectivity index (χ1) is 4.97. The second-order valence-electron chi connectivity index (χ2n) is 2.31. The van der Waals surface area contributed by atoms with E-state index in [0.29, 0.717) is 5.92 Å². The molecule has 0 fully saturated rings. The summed E-state index contributed by atoms with van der Waals surface area (Å²) in [6.45, 7) is 0. The summed E-state index contributed by atoms with van der Waals surface area (Å²) in [4.78, 5) is 0. The molecular formula is C8H8N2. The van der Waals surface area contributed by atoms with Crippen LogP contribution in [-0.2, 0) is 0 Å². The minimum absolute atomic E-state index is 0.419. The number of hydrogen-bond acceptors (Lipinski definition) is 1. The molecule has 1 N–H and O–H groups in total. The van der Waals surface area contributed by atoms with E-state index in [0.717, 1.165) is 5.69 Å². The zero-order chi connectivity index (χ0) is 6.81. The van der Waals surface area contributed by atoms with E-state index in [1.165, 1.54) is 0 Å². The third-order valence-electron chi connectivity index (χ3n) is 1.63. The number of H-pyrrole nitrogens is 1. The van der Waals surface area contributed by atoms with Crippen LogP contribution in [0.3, 0.4) is 0 Å². The van der Waals surface area contributed by atoms with Crippen LogP contribution >= 0.6 is 0 Å². The number of allylic oxidation sites excluding steroid dienone is 4. The van der Waals surface area contributed by atoms with E-state index in [1.54, 1.807) is 6.20 Å². The van der Waals surface area contributed by atoms with E-state index in [1.807, 2.05) is 18.2 Å². The van der Waals surface area contributed by atoms with Crippen LogP contribution in [0.4, 0.5) is 0 Å². The molecule has 1 aliphatic rings. The van der Waals surface area contributed by atoms with Crippen LogP contribution in [0, 0.1) is 0 Å². The van der Waals surface area contributed by atoms with E-state index in [4.69, 9.17) is 0 Å². The van der Waals surface area contributed by atoms with Crippen LogP contribution in [0.2, 0.25) is 0 Å². The van der Waals surface area contributed by atoms with Crippen molar-refractivity contribution in [3.8, 4) is 0 Å². The lowest BCUT2D eigenvalue weighted by Gasteiger charge is -1.97. The van der Waals surface area contributed by atoms with Crippen LogP contribution < -0.4 is 0 Å². The first-order valence-corrected chi connectivity index (χ1v) is 3.31. The van der Waals surface area contributed by atoms with Crippen molar-refractivity contribution in [2.45, 2.75) is 5.92 Å². The molecule has 0 saturated heterocycles. The fourth-order valence-corrected chi connectivity index (χ4v) is 1.09. The molecule has 0 bridgehead atoms. The fraction of sp³-hybridized carbons (Fsp3) is 0.125. The molecule has 1 aromatic rings. The van der Waals surface area contributed by atoms with E-state index >= 15 is 0 Å². The maximum atomic E-state index is 3.87. The zero-order valence-electron chi connectivity index (χ0n) is 5.49. The molecule has 0 aromatic carbocycles. The smallest absolute Gasteiger partial charge is 0.0490 e. The second-order valence-corrected chi connectivity index (χ2v) is 2.31. The van der Waals surface area contributed by atoms with Crippen molar-refractivity contribution in [3.05, 3.63) is 42.3 Å². The molecule has 0 spiro atoms. The molecule has 50 valence electrons. The Morgan fingerprint density at radius 2 is 2.10 bits per heavy atom. The number of nitrogens with one attached hydrogen (secondary N) is 1. The Labute approximate surface area is 59.3 Å². The maximum absolute atomic E-state index is 3.87. The van der Waals surface area contributed by atoms with Crippen molar-refractivity contribution < 1.29 is 0 Å². The number of rotatable bonds is 1. The van der Waals surface area contributed by atoms with Crippen LogP contribution in [-0.4, -0.2) is 10.2 Å². The molecule has 2 heteroatoms. The van der Waals surface area contributed by atoms with Gasteiger partial charge < -0.3 is 0 Å². The quantitative estimate of drug-likeness (QED) is 0.618. The Balaban J connectivity index is 2.29. The van der Waals surface area contributed by atoms with E-state index in [9.17, 15) is 0 Å². The van der Waals surface area contributed by atoms with Gasteiger partial charge in [-0.1, -0.05) is 24.3 Å². The minimum atomic E-state index is 0.419. The Kier molecular flexibility index (Phi) is 1.17. The lowest BCUT2D eigenvalue weighted by molar-refractivity contribution is 0.955. The molecule has 2 rings (SSSR count). The summed E-state index contributed by atoms with van der Waals surface area (Å²) in [7, 11) is 0. The molecule has 0 amide bonds. The highest BCUT2D eigenvalue weighted by Crippen LogP contribution is 2.19. The van der Waals surface area contributed by atoms with Crippen molar-refractivity contribution in [1.82, 2.24) is 10.2 Å². The molecule has 10 heavy (non-hydrogen) atoms. The van der Waals surface area contributed by atoms with Crippen molar-refractivity contribution in [3.63, 3.8) is 0 Å². The molecule has 1 aromatic heterocycles. The molecule has 0 radical (unpaired) electrons. The van der Waals surface area contributed by atoms with E-state index < -0.39 is 0 Å². The highest BCUT2D eigenvalue weighted by atomic mass is 15.1. The van der Waals surface area contributed by atoms with Gasteiger partial charge in [0.25, 0.3) is 0 Å². The van der Waals surface area contributed by atoms with Gasteiger partial charge >= 0.3 is 0 Å². The minimum Gasteiger partial charge on any atom is -0.282 e. The second kappa shape index (κ2) is 2.14. The predicted octanol–water partition coefficient (Wildman–Crippen LogP) is 1.62. The summed E-state index contributed by atoms with van der Waals surface area (Å²) in [5, 5.41) is 6.80. The zero-order valence-corrected chi connectivity index (χ0v) is 5.49. The first kappa shape index (κ1) is 5.47. The van der Waals surface area contributed by atoms with Gasteiger partial charge in [-0.25, -0.2) is 0 Å². The number of nitrogens with zero attached hydrogens (tertiary/aromatic N) is 1. The summed E-state index contributed by atoms with van der Waals surface area (Å²) in [6, 6.07) is 1.99. The van der Waals surface area contributed by atoms with Crippen LogP contribution in [0.15, 0.2) is 36.6 Å². The average molecular weight is 132 g/mol. The Bertz CT molecular complexity index is 245. The standard InChI is InChI=1S/C8H8N2/c1-2-4-7(3-1)8-5-6-9-10-8/h1-7H,(H,9,10). The van der Waals surface area contributed by atoms with Gasteiger partial charge in [0, 0.05) is 17.8 Å². The highest BCUT2D eigenvalue weighted by molar-refractivity contribution is 5.29. The Morgan fingerprint density at radius 3 is 2.70 bits per heavy atom. The van der Waals surface area contributed by atoms with Gasteiger partial charge in [0.1, 0.15) is 0 Å². The maximum Gasteiger partial charge on any atom is 0.0490 e. The van der Waals surface area contributed by atoms with E-state index in [-0.39, 0.29) is 0 Å². The van der Waals surface area contributed by atoms with Crippen LogP contribution in [0.25, 0.3) is 0 Å². The average Bonchev–Trinajstić information content (AvgIpc) is 2.59. The lowest BCUT2D eigenvalue weighted by atomic mass is 10.1. The predicted molar refractivity (Wildman–Crippen MR) is 39.6 cm³/mol. The number of hydrogen-bond donors (Lipinski definition) is 1. The number of aromatic nitrogens is 2. The van der Waals surface area contributed by atoms with Gasteiger partial charge in [-0.05, 0) is 6.07 Å². The summed E-state index contributed by atoms with van der Waals surface area (Å²) in [5.41, 5.74) is 1.16. The molecular weight excluding hydrogens is 124 g/mol. The van der Waals surface area contributed by atoms with Crippen molar-refractivity contribution in [2.75, 3.05) is 0 Å². The first-order valence-electron chi connectivity index (χ1n) is 3.31. The number of aromatic amines is 1. The molecule has 2 nitrogen and oxygen atoms in total.